The molecule has 0 spiro atoms. The lowest BCUT2D eigenvalue weighted by molar-refractivity contribution is 0.388. The summed E-state index contributed by atoms with van der Waals surface area (Å²) in [7, 11) is 1.53. The van der Waals surface area contributed by atoms with Crippen molar-refractivity contribution in [2.75, 3.05) is 7.11 Å². The predicted octanol–water partition coefficient (Wildman–Crippen LogP) is 2.44. The topological polar surface area (TPSA) is 38.7 Å². The van der Waals surface area contributed by atoms with Crippen LogP contribution in [0.15, 0.2) is 12.1 Å². The quantitative estimate of drug-likeness (QED) is 0.846. The van der Waals surface area contributed by atoms with Crippen molar-refractivity contribution in [2.24, 2.45) is 0 Å². The molecule has 0 amide bonds. The molecule has 0 saturated carbocycles. The van der Waals surface area contributed by atoms with E-state index in [2.05, 4.69) is 0 Å². The number of hydrogen-bond acceptors (Lipinski definition) is 3. The van der Waals surface area contributed by atoms with E-state index in [1.54, 1.807) is 42.1 Å². The fourth-order valence-corrected chi connectivity index (χ4v) is 1.31. The fourth-order valence-electron chi connectivity index (χ4n) is 0.886. The third kappa shape index (κ3) is 1.57. The van der Waals surface area contributed by atoms with Crippen LogP contribution in [0.4, 0.5) is 0 Å². The highest BCUT2D eigenvalue weighted by molar-refractivity contribution is 14.1. The number of ether oxygens (including phenoxy) is 1. The first-order valence-electron chi connectivity index (χ1n) is 3.36. The Bertz CT molecular complexity index is 286. The second-order valence-electron chi connectivity index (χ2n) is 2.34. The number of methoxy groups -OCH3 is 1. The Morgan fingerprint density at radius 1 is 1.42 bits per heavy atom. The smallest absolute Gasteiger partial charge is 0.217 e. The zero-order chi connectivity index (χ0) is 9.14. The van der Waals surface area contributed by atoms with E-state index in [1.165, 1.54) is 7.11 Å². The highest BCUT2D eigenvalue weighted by Gasteiger charge is 2.11. The van der Waals surface area contributed by atoms with Crippen molar-refractivity contribution < 1.29 is 12.9 Å². The number of halogens is 1. The third-order valence-electron chi connectivity index (χ3n) is 1.59. The molecule has 1 aromatic carbocycles. The van der Waals surface area contributed by atoms with E-state index in [-0.39, 0.29) is 5.75 Å². The highest BCUT2D eigenvalue weighted by Crippen LogP contribution is 2.39. The molecule has 0 aliphatic carbocycles. The normalized spacial score (nSPS) is 9.58. The number of phenolic OH excluding ortho intramolecular Hbond substituents is 1. The molecule has 1 N–H and O–H groups in total. The summed E-state index contributed by atoms with van der Waals surface area (Å²) >= 11 is 1.70. The van der Waals surface area contributed by atoms with Gasteiger partial charge in [0.15, 0.2) is 34.5 Å². The minimum absolute atomic E-state index is 0.128. The predicted molar refractivity (Wildman–Crippen MR) is 54.0 cm³/mol. The molecule has 0 saturated heterocycles. The third-order valence-corrected chi connectivity index (χ3v) is 2.03. The van der Waals surface area contributed by atoms with Crippen LogP contribution in [0.25, 0.3) is 0 Å². The Kier molecular flexibility index (Phi) is 3.02. The van der Waals surface area contributed by atoms with Gasteiger partial charge in [-0.15, -0.1) is 0 Å². The number of aryl methyl sites for hydroxylation is 1. The van der Waals surface area contributed by atoms with Crippen LogP contribution in [0.2, 0.25) is 0 Å². The summed E-state index contributed by atoms with van der Waals surface area (Å²) in [6.45, 7) is 1.80. The summed E-state index contributed by atoms with van der Waals surface area (Å²) < 4.78 is 9.93. The van der Waals surface area contributed by atoms with Crippen LogP contribution in [0.5, 0.6) is 17.2 Å². The maximum absolute atomic E-state index is 9.50. The average molecular weight is 280 g/mol. The molecule has 0 aromatic heterocycles. The van der Waals surface area contributed by atoms with Crippen LogP contribution in [0.3, 0.4) is 0 Å². The Morgan fingerprint density at radius 2 is 2.08 bits per heavy atom. The van der Waals surface area contributed by atoms with Gasteiger partial charge in [-0.2, -0.15) is 0 Å². The molecule has 0 radical (unpaired) electrons. The van der Waals surface area contributed by atoms with E-state index in [1.807, 2.05) is 0 Å². The number of phenols is 1. The van der Waals surface area contributed by atoms with Gasteiger partial charge in [-0.05, 0) is 18.6 Å². The van der Waals surface area contributed by atoms with Crippen molar-refractivity contribution in [3.05, 3.63) is 17.7 Å². The minimum Gasteiger partial charge on any atom is -0.504 e. The number of benzene rings is 1. The van der Waals surface area contributed by atoms with Gasteiger partial charge in [0.2, 0.25) is 5.75 Å². The van der Waals surface area contributed by atoms with Gasteiger partial charge < -0.3 is 12.9 Å². The Labute approximate surface area is 85.0 Å². The van der Waals surface area contributed by atoms with Crippen LogP contribution >= 0.6 is 23.0 Å². The first kappa shape index (κ1) is 9.44. The second kappa shape index (κ2) is 3.84. The standard InChI is InChI=1S/C8H9IO3/c1-5-3-4-6(11-2)8(12-9)7(5)10/h3-4,10H,1-2H3. The lowest BCUT2D eigenvalue weighted by Gasteiger charge is -2.08. The molecule has 66 valence electrons. The van der Waals surface area contributed by atoms with E-state index in [9.17, 15) is 5.11 Å². The van der Waals surface area contributed by atoms with Crippen molar-refractivity contribution in [2.45, 2.75) is 6.92 Å². The van der Waals surface area contributed by atoms with Crippen molar-refractivity contribution in [1.82, 2.24) is 0 Å². The molecule has 12 heavy (non-hydrogen) atoms. The molecule has 0 aliphatic rings. The molecule has 0 atom stereocenters. The average Bonchev–Trinajstić information content (AvgIpc) is 2.09. The summed E-state index contributed by atoms with van der Waals surface area (Å²) in [6, 6.07) is 3.52. The molecule has 3 nitrogen and oxygen atoms in total. The molecule has 0 aliphatic heterocycles. The molecule has 1 rings (SSSR count). The molecular weight excluding hydrogens is 271 g/mol. The second-order valence-corrected chi connectivity index (χ2v) is 2.78. The largest absolute Gasteiger partial charge is 0.504 e. The lowest BCUT2D eigenvalue weighted by atomic mass is 10.2. The zero-order valence-electron chi connectivity index (χ0n) is 6.80. The van der Waals surface area contributed by atoms with Crippen LogP contribution in [0, 0.1) is 6.92 Å². The van der Waals surface area contributed by atoms with Gasteiger partial charge in [-0.3, -0.25) is 0 Å². The van der Waals surface area contributed by atoms with E-state index in [0.717, 1.165) is 5.56 Å². The van der Waals surface area contributed by atoms with E-state index >= 15 is 0 Å². The molecule has 0 fully saturated rings. The van der Waals surface area contributed by atoms with Crippen LogP contribution in [-0.4, -0.2) is 12.2 Å². The Hall–Kier alpha value is -0.650. The van der Waals surface area contributed by atoms with Gasteiger partial charge in [-0.25, -0.2) is 0 Å². The minimum atomic E-state index is 0.128. The number of hydrogen-bond donors (Lipinski definition) is 1. The highest BCUT2D eigenvalue weighted by atomic mass is 127. The van der Waals surface area contributed by atoms with E-state index < -0.39 is 0 Å². The molecule has 0 unspecified atom stereocenters. The Balaban J connectivity index is 3.25. The van der Waals surface area contributed by atoms with Gasteiger partial charge in [-0.1, -0.05) is 6.07 Å². The molecular formula is C8H9IO3. The van der Waals surface area contributed by atoms with Gasteiger partial charge in [0.1, 0.15) is 0 Å². The summed E-state index contributed by atoms with van der Waals surface area (Å²) in [5.41, 5.74) is 0.766. The summed E-state index contributed by atoms with van der Waals surface area (Å²) in [6.07, 6.45) is 0. The van der Waals surface area contributed by atoms with Crippen LogP contribution in [-0.2, 0) is 0 Å². The van der Waals surface area contributed by atoms with Gasteiger partial charge in [0.05, 0.1) is 7.11 Å². The lowest BCUT2D eigenvalue weighted by Crippen LogP contribution is -1.88. The fraction of sp³-hybridized carbons (Fsp3) is 0.250. The van der Waals surface area contributed by atoms with Crippen molar-refractivity contribution in [1.29, 1.82) is 0 Å². The SMILES string of the molecule is COc1ccc(C)c(O)c1OI. The summed E-state index contributed by atoms with van der Waals surface area (Å²) in [4.78, 5) is 0. The summed E-state index contributed by atoms with van der Waals surface area (Å²) in [5.74, 6) is 1.04. The first-order chi connectivity index (χ1) is 5.70. The maximum Gasteiger partial charge on any atom is 0.217 e. The van der Waals surface area contributed by atoms with E-state index in [4.69, 9.17) is 7.80 Å². The summed E-state index contributed by atoms with van der Waals surface area (Å²) in [5, 5.41) is 9.50. The molecule has 4 heteroatoms. The monoisotopic (exact) mass is 280 g/mol. The van der Waals surface area contributed by atoms with Gasteiger partial charge in [0.25, 0.3) is 0 Å². The maximum atomic E-state index is 9.50. The number of rotatable bonds is 2. The first-order valence-corrected chi connectivity index (χ1v) is 4.24. The van der Waals surface area contributed by atoms with Crippen LogP contribution in [0.1, 0.15) is 5.56 Å². The van der Waals surface area contributed by atoms with Crippen molar-refractivity contribution >= 4 is 23.0 Å². The van der Waals surface area contributed by atoms with Crippen molar-refractivity contribution in [3.8, 4) is 17.2 Å². The number of aromatic hydroxyl groups is 1. The van der Waals surface area contributed by atoms with Crippen molar-refractivity contribution in [3.63, 3.8) is 0 Å². The zero-order valence-corrected chi connectivity index (χ0v) is 8.95. The molecule has 1 aromatic rings. The molecule has 0 heterocycles. The van der Waals surface area contributed by atoms with Gasteiger partial charge in [0, 0.05) is 0 Å². The van der Waals surface area contributed by atoms with E-state index in [0.29, 0.717) is 11.5 Å². The molecule has 0 bridgehead atoms. The van der Waals surface area contributed by atoms with Crippen LogP contribution < -0.4 is 7.80 Å². The Morgan fingerprint density at radius 3 is 2.58 bits per heavy atom. The van der Waals surface area contributed by atoms with Gasteiger partial charge >= 0.3 is 0 Å².